The molecule has 4 aromatic heterocycles. The molecule has 0 N–H and O–H groups in total. The van der Waals surface area contributed by atoms with Crippen molar-refractivity contribution in [3.8, 4) is 43.2 Å². The van der Waals surface area contributed by atoms with E-state index in [4.69, 9.17) is 9.47 Å². The van der Waals surface area contributed by atoms with Crippen molar-refractivity contribution >= 4 is 45.3 Å². The molecule has 0 aliphatic rings. The first kappa shape index (κ1) is 29.8. The molecule has 39 heavy (non-hydrogen) atoms. The summed E-state index contributed by atoms with van der Waals surface area (Å²) >= 11 is 7.04. The number of hydrogen-bond acceptors (Lipinski definition) is 6. The number of unbranched alkanes of at least 4 members (excludes halogenated alkanes) is 2. The smallest absolute Gasteiger partial charge is 0.0775 e. The van der Waals surface area contributed by atoms with E-state index in [0.717, 1.165) is 48.7 Å². The fraction of sp³-hybridized carbons (Fsp3) is 0.394. The molecule has 0 atom stereocenters. The van der Waals surface area contributed by atoms with Crippen molar-refractivity contribution in [3.63, 3.8) is 0 Å². The SMILES string of the molecule is CCCCOCC(CC#Cc1ccc(-c2cccs2)s1)(CC#Cc1ccc(-c2cccs2)s1)COCCCC. The third-order valence-electron chi connectivity index (χ3n) is 6.19. The van der Waals surface area contributed by atoms with Gasteiger partial charge in [0.1, 0.15) is 0 Å². The summed E-state index contributed by atoms with van der Waals surface area (Å²) < 4.78 is 12.4. The van der Waals surface area contributed by atoms with Gasteiger partial charge in [-0.2, -0.15) is 0 Å². The van der Waals surface area contributed by atoms with E-state index in [9.17, 15) is 0 Å². The van der Waals surface area contributed by atoms with Crippen molar-refractivity contribution in [3.05, 3.63) is 69.0 Å². The third kappa shape index (κ3) is 9.47. The van der Waals surface area contributed by atoms with Gasteiger partial charge >= 0.3 is 0 Å². The number of rotatable bonds is 14. The first-order valence-electron chi connectivity index (χ1n) is 13.6. The summed E-state index contributed by atoms with van der Waals surface area (Å²) in [5.41, 5.74) is -0.261. The number of ether oxygens (including phenoxy) is 2. The normalized spacial score (nSPS) is 11.1. The van der Waals surface area contributed by atoms with Crippen molar-refractivity contribution < 1.29 is 9.47 Å². The fourth-order valence-corrected chi connectivity index (χ4v) is 7.36. The molecular weight excluding hydrogens is 557 g/mol. The minimum atomic E-state index is -0.261. The lowest BCUT2D eigenvalue weighted by Gasteiger charge is -2.30. The first-order valence-corrected chi connectivity index (χ1v) is 17.0. The van der Waals surface area contributed by atoms with Crippen LogP contribution in [-0.4, -0.2) is 26.4 Å². The minimum Gasteiger partial charge on any atom is -0.381 e. The van der Waals surface area contributed by atoms with E-state index in [1.807, 2.05) is 0 Å². The van der Waals surface area contributed by atoms with E-state index in [2.05, 4.69) is 96.8 Å². The Morgan fingerprint density at radius 1 is 0.641 bits per heavy atom. The van der Waals surface area contributed by atoms with E-state index in [1.54, 1.807) is 45.3 Å². The molecule has 2 nitrogen and oxygen atoms in total. The molecule has 0 saturated heterocycles. The quantitative estimate of drug-likeness (QED) is 0.107. The van der Waals surface area contributed by atoms with E-state index in [-0.39, 0.29) is 5.41 Å². The average Bonchev–Trinajstić information content (AvgIpc) is 3.76. The number of hydrogen-bond donors (Lipinski definition) is 0. The van der Waals surface area contributed by atoms with Gasteiger partial charge in [-0.15, -0.1) is 45.3 Å². The molecule has 0 unspecified atom stereocenters. The highest BCUT2D eigenvalue weighted by molar-refractivity contribution is 7.22. The second-order valence-corrected chi connectivity index (χ2v) is 13.6. The molecular formula is C33H36O2S4. The van der Waals surface area contributed by atoms with Crippen molar-refractivity contribution in [2.75, 3.05) is 26.4 Å². The van der Waals surface area contributed by atoms with Crippen LogP contribution in [0.15, 0.2) is 59.3 Å². The van der Waals surface area contributed by atoms with Gasteiger partial charge in [0.25, 0.3) is 0 Å². The van der Waals surface area contributed by atoms with Crippen LogP contribution in [0.1, 0.15) is 62.1 Å². The summed E-state index contributed by atoms with van der Waals surface area (Å²) in [5, 5.41) is 4.23. The summed E-state index contributed by atoms with van der Waals surface area (Å²) in [6.07, 6.45) is 5.75. The predicted octanol–water partition coefficient (Wildman–Crippen LogP) is 10.1. The zero-order valence-electron chi connectivity index (χ0n) is 22.8. The van der Waals surface area contributed by atoms with Crippen molar-refractivity contribution in [1.82, 2.24) is 0 Å². The standard InChI is InChI=1S/C33H36O2S4/c1-3-5-21-34-25-33(26-35-22-6-4-2,19-7-11-27-15-17-31(38-27)29-13-9-23-36-29)20-8-12-28-16-18-32(39-28)30-14-10-24-37-30/h9-10,13-18,23-24H,3-6,19-22,25-26H2,1-2H3. The lowest BCUT2D eigenvalue weighted by Crippen LogP contribution is -2.32. The van der Waals surface area contributed by atoms with Crippen LogP contribution in [-0.2, 0) is 9.47 Å². The molecule has 204 valence electrons. The number of thiophene rings is 4. The Balaban J connectivity index is 1.50. The Morgan fingerprint density at radius 3 is 1.54 bits per heavy atom. The first-order chi connectivity index (χ1) is 19.2. The van der Waals surface area contributed by atoms with Crippen LogP contribution in [0.5, 0.6) is 0 Å². The van der Waals surface area contributed by atoms with Crippen LogP contribution in [0.4, 0.5) is 0 Å². The third-order valence-corrected chi connectivity index (χ3v) is 10.3. The van der Waals surface area contributed by atoms with Crippen LogP contribution in [0, 0.1) is 29.1 Å². The zero-order valence-corrected chi connectivity index (χ0v) is 26.1. The van der Waals surface area contributed by atoms with Crippen LogP contribution in [0.25, 0.3) is 19.5 Å². The van der Waals surface area contributed by atoms with E-state index in [1.165, 1.54) is 19.5 Å². The lowest BCUT2D eigenvalue weighted by molar-refractivity contribution is -0.0191. The second kappa shape index (κ2) is 16.2. The summed E-state index contributed by atoms with van der Waals surface area (Å²) in [4.78, 5) is 7.32. The predicted molar refractivity (Wildman–Crippen MR) is 172 cm³/mol. The molecule has 0 aliphatic heterocycles. The van der Waals surface area contributed by atoms with Gasteiger partial charge in [-0.25, -0.2) is 0 Å². The lowest BCUT2D eigenvalue weighted by atomic mass is 9.83. The Bertz CT molecular complexity index is 1250. The van der Waals surface area contributed by atoms with Gasteiger partial charge in [0.2, 0.25) is 0 Å². The molecule has 4 heterocycles. The topological polar surface area (TPSA) is 18.5 Å². The van der Waals surface area contributed by atoms with Crippen molar-refractivity contribution in [1.29, 1.82) is 0 Å². The molecule has 0 saturated carbocycles. The molecule has 0 aromatic carbocycles. The highest BCUT2D eigenvalue weighted by atomic mass is 32.1. The van der Waals surface area contributed by atoms with E-state index >= 15 is 0 Å². The maximum absolute atomic E-state index is 6.20. The summed E-state index contributed by atoms with van der Waals surface area (Å²) in [7, 11) is 0. The van der Waals surface area contributed by atoms with Gasteiger partial charge in [-0.1, -0.05) is 62.5 Å². The molecule has 0 fully saturated rings. The molecule has 0 amide bonds. The summed E-state index contributed by atoms with van der Waals surface area (Å²) in [6, 6.07) is 17.1. The van der Waals surface area contributed by atoms with Crippen molar-refractivity contribution in [2.45, 2.75) is 52.4 Å². The molecule has 0 bridgehead atoms. The second-order valence-electron chi connectivity index (χ2n) is 9.55. The zero-order chi connectivity index (χ0) is 27.2. The van der Waals surface area contributed by atoms with Crippen molar-refractivity contribution in [2.24, 2.45) is 5.41 Å². The minimum absolute atomic E-state index is 0.261. The van der Waals surface area contributed by atoms with E-state index < -0.39 is 0 Å². The van der Waals surface area contributed by atoms with Gasteiger partial charge in [0.05, 0.1) is 23.0 Å². The van der Waals surface area contributed by atoms with Crippen LogP contribution in [0.2, 0.25) is 0 Å². The highest BCUT2D eigenvalue weighted by Crippen LogP contribution is 2.33. The Kier molecular flexibility index (Phi) is 12.4. The maximum atomic E-state index is 6.20. The fourth-order valence-electron chi connectivity index (χ4n) is 3.93. The Labute approximate surface area is 250 Å². The highest BCUT2D eigenvalue weighted by Gasteiger charge is 2.30. The van der Waals surface area contributed by atoms with Crippen LogP contribution >= 0.6 is 45.3 Å². The maximum Gasteiger partial charge on any atom is 0.0775 e. The van der Waals surface area contributed by atoms with Gasteiger partial charge in [0, 0.05) is 51.0 Å². The van der Waals surface area contributed by atoms with Gasteiger partial charge in [-0.3, -0.25) is 0 Å². The molecule has 4 rings (SSSR count). The van der Waals surface area contributed by atoms with Gasteiger partial charge in [-0.05, 0) is 60.0 Å². The molecule has 0 radical (unpaired) electrons. The average molecular weight is 593 g/mol. The summed E-state index contributed by atoms with van der Waals surface area (Å²) in [6.45, 7) is 7.13. The summed E-state index contributed by atoms with van der Waals surface area (Å²) in [5.74, 6) is 13.8. The largest absolute Gasteiger partial charge is 0.381 e. The monoisotopic (exact) mass is 592 g/mol. The van der Waals surface area contributed by atoms with E-state index in [0.29, 0.717) is 26.1 Å². The van der Waals surface area contributed by atoms with Gasteiger partial charge in [0.15, 0.2) is 0 Å². The Morgan fingerprint density at radius 2 is 1.13 bits per heavy atom. The molecule has 0 aliphatic carbocycles. The molecule has 6 heteroatoms. The molecule has 0 spiro atoms. The Hall–Kier alpha value is -2.16. The molecule has 4 aromatic rings. The van der Waals surface area contributed by atoms with Crippen LogP contribution in [0.3, 0.4) is 0 Å². The van der Waals surface area contributed by atoms with Gasteiger partial charge < -0.3 is 9.47 Å². The van der Waals surface area contributed by atoms with Crippen LogP contribution < -0.4 is 0 Å².